The van der Waals surface area contributed by atoms with Crippen molar-refractivity contribution in [3.8, 4) is 5.75 Å². The first kappa shape index (κ1) is 21.4. The summed E-state index contributed by atoms with van der Waals surface area (Å²) in [6.07, 6.45) is 0.551. The van der Waals surface area contributed by atoms with Crippen LogP contribution in [0.1, 0.15) is 34.0 Å². The third-order valence-corrected chi connectivity index (χ3v) is 6.00. The van der Waals surface area contributed by atoms with Crippen molar-refractivity contribution in [3.05, 3.63) is 101 Å². The van der Waals surface area contributed by atoms with E-state index in [-0.39, 0.29) is 24.1 Å². The summed E-state index contributed by atoms with van der Waals surface area (Å²) >= 11 is 0. The molecule has 0 spiro atoms. The number of carbonyl (C=O) groups excluding carboxylic acids is 2. The van der Waals surface area contributed by atoms with Crippen molar-refractivity contribution in [3.63, 3.8) is 0 Å². The fourth-order valence-electron chi connectivity index (χ4n) is 4.33. The highest BCUT2D eigenvalue weighted by molar-refractivity contribution is 6.23. The van der Waals surface area contributed by atoms with Crippen LogP contribution in [0.15, 0.2) is 83.9 Å². The van der Waals surface area contributed by atoms with Crippen LogP contribution in [-0.4, -0.2) is 29.2 Å². The van der Waals surface area contributed by atoms with Crippen LogP contribution in [-0.2, 0) is 11.2 Å². The Kier molecular flexibility index (Phi) is 5.55. The maximum absolute atomic E-state index is 12.8. The van der Waals surface area contributed by atoms with E-state index < -0.39 is 0 Å². The molecule has 4 aromatic carbocycles. The molecule has 0 atom stereocenters. The van der Waals surface area contributed by atoms with Gasteiger partial charge in [-0.15, -0.1) is 0 Å². The Morgan fingerprint density at radius 2 is 1.79 bits per heavy atom. The molecule has 168 valence electrons. The summed E-state index contributed by atoms with van der Waals surface area (Å²) in [7, 11) is 0. The Hall–Kier alpha value is -4.45. The van der Waals surface area contributed by atoms with E-state index in [1.165, 1.54) is 0 Å². The Morgan fingerprint density at radius 1 is 1.00 bits per heavy atom. The van der Waals surface area contributed by atoms with E-state index in [2.05, 4.69) is 15.6 Å². The second-order valence-corrected chi connectivity index (χ2v) is 8.11. The summed E-state index contributed by atoms with van der Waals surface area (Å²) in [5.41, 5.74) is 4.87. The number of nitrogens with one attached hydrogen (secondary N) is 2. The lowest BCUT2D eigenvalue weighted by Gasteiger charge is -2.14. The van der Waals surface area contributed by atoms with E-state index in [0.717, 1.165) is 33.3 Å². The van der Waals surface area contributed by atoms with Crippen LogP contribution >= 0.6 is 0 Å². The molecular formula is C28H23N3O3. The predicted octanol–water partition coefficient (Wildman–Crippen LogP) is 5.15. The van der Waals surface area contributed by atoms with Gasteiger partial charge in [-0.1, -0.05) is 61.5 Å². The Bertz CT molecular complexity index is 1460. The smallest absolute Gasteiger partial charge is 0.256 e. The molecule has 5 rings (SSSR count). The van der Waals surface area contributed by atoms with Crippen molar-refractivity contribution in [2.45, 2.75) is 13.3 Å². The number of rotatable bonds is 4. The molecule has 6 heteroatoms. The zero-order valence-corrected chi connectivity index (χ0v) is 18.6. The van der Waals surface area contributed by atoms with Crippen LogP contribution in [0.5, 0.6) is 5.75 Å². The molecule has 0 radical (unpaired) electrons. The number of aromatic hydroxyl groups is 1. The first-order valence-electron chi connectivity index (χ1n) is 11.1. The van der Waals surface area contributed by atoms with Crippen LogP contribution in [0.4, 0.5) is 11.4 Å². The maximum atomic E-state index is 12.8. The Balaban J connectivity index is 1.46. The minimum absolute atomic E-state index is 0.0358. The molecule has 6 nitrogen and oxygen atoms in total. The van der Waals surface area contributed by atoms with Gasteiger partial charge in [0.15, 0.2) is 0 Å². The lowest BCUT2D eigenvalue weighted by Crippen LogP contribution is -2.14. The van der Waals surface area contributed by atoms with Gasteiger partial charge in [0.1, 0.15) is 12.3 Å². The average Bonchev–Trinajstić information content (AvgIpc) is 3.03. The van der Waals surface area contributed by atoms with Gasteiger partial charge in [-0.3, -0.25) is 14.6 Å². The molecule has 0 aromatic heterocycles. The summed E-state index contributed by atoms with van der Waals surface area (Å²) in [5.74, 6) is -0.320. The van der Waals surface area contributed by atoms with Gasteiger partial charge in [0.2, 0.25) is 5.91 Å². The third kappa shape index (κ3) is 3.90. The van der Waals surface area contributed by atoms with E-state index in [0.29, 0.717) is 23.2 Å². The largest absolute Gasteiger partial charge is 0.508 e. The number of carbonyl (C=O) groups is 2. The standard InChI is InChI=1S/C28H23N3O3/c1-2-20-22(8-5-9-24(20)32)28(34)30-19-13-10-18(11-14-19)26-23-15-12-17-6-3-4-7-21(17)27(23)31-25(33)16-29-26/h3-15,32H,2,16H2,1H3,(H,30,34)(H,31,33). The molecule has 0 unspecified atom stereocenters. The van der Waals surface area contributed by atoms with Gasteiger partial charge >= 0.3 is 0 Å². The monoisotopic (exact) mass is 449 g/mol. The SMILES string of the molecule is CCc1c(O)cccc1C(=O)Nc1ccc(C2=NCC(=O)Nc3c2ccc2ccccc32)cc1. The van der Waals surface area contributed by atoms with Crippen LogP contribution in [0, 0.1) is 0 Å². The molecule has 1 heterocycles. The molecule has 3 N–H and O–H groups in total. The van der Waals surface area contributed by atoms with Crippen molar-refractivity contribution in [1.29, 1.82) is 0 Å². The van der Waals surface area contributed by atoms with Crippen molar-refractivity contribution >= 4 is 39.7 Å². The minimum atomic E-state index is -0.279. The lowest BCUT2D eigenvalue weighted by molar-refractivity contribution is -0.114. The molecule has 0 bridgehead atoms. The molecule has 34 heavy (non-hydrogen) atoms. The molecule has 2 amide bonds. The average molecular weight is 450 g/mol. The number of fused-ring (bicyclic) bond motifs is 3. The van der Waals surface area contributed by atoms with Gasteiger partial charge in [0, 0.05) is 33.3 Å². The van der Waals surface area contributed by atoms with Gasteiger partial charge in [-0.2, -0.15) is 0 Å². The van der Waals surface area contributed by atoms with Gasteiger partial charge in [-0.25, -0.2) is 0 Å². The Labute approximate surface area is 197 Å². The summed E-state index contributed by atoms with van der Waals surface area (Å²) in [6, 6.07) is 24.2. The fraction of sp³-hybridized carbons (Fsp3) is 0.107. The number of phenolic OH excluding ortho intramolecular Hbond substituents is 1. The lowest BCUT2D eigenvalue weighted by atomic mass is 9.96. The molecular weight excluding hydrogens is 426 g/mol. The fourth-order valence-corrected chi connectivity index (χ4v) is 4.33. The zero-order chi connectivity index (χ0) is 23.7. The number of hydrogen-bond donors (Lipinski definition) is 3. The zero-order valence-electron chi connectivity index (χ0n) is 18.6. The van der Waals surface area contributed by atoms with Crippen LogP contribution in [0.25, 0.3) is 10.8 Å². The number of aliphatic imine (C=N–C) groups is 1. The number of benzene rings is 4. The molecule has 0 fully saturated rings. The van der Waals surface area contributed by atoms with Crippen molar-refractivity contribution in [2.24, 2.45) is 4.99 Å². The molecule has 0 saturated heterocycles. The van der Waals surface area contributed by atoms with Crippen LogP contribution in [0.3, 0.4) is 0 Å². The van der Waals surface area contributed by atoms with Gasteiger partial charge < -0.3 is 15.7 Å². The number of nitrogens with zero attached hydrogens (tertiary/aromatic N) is 1. The minimum Gasteiger partial charge on any atom is -0.508 e. The normalized spacial score (nSPS) is 13.0. The summed E-state index contributed by atoms with van der Waals surface area (Å²) in [5, 5.41) is 18.0. The summed E-state index contributed by atoms with van der Waals surface area (Å²) in [4.78, 5) is 29.8. The number of phenols is 1. The maximum Gasteiger partial charge on any atom is 0.256 e. The van der Waals surface area contributed by atoms with E-state index in [4.69, 9.17) is 0 Å². The first-order chi connectivity index (χ1) is 16.5. The third-order valence-electron chi connectivity index (χ3n) is 6.00. The highest BCUT2D eigenvalue weighted by atomic mass is 16.3. The van der Waals surface area contributed by atoms with Gasteiger partial charge in [0.05, 0.1) is 11.4 Å². The number of amides is 2. The molecule has 1 aliphatic rings. The predicted molar refractivity (Wildman–Crippen MR) is 135 cm³/mol. The Morgan fingerprint density at radius 3 is 2.59 bits per heavy atom. The second-order valence-electron chi connectivity index (χ2n) is 8.11. The highest BCUT2D eigenvalue weighted by Crippen LogP contribution is 2.31. The van der Waals surface area contributed by atoms with Crippen molar-refractivity contribution in [2.75, 3.05) is 17.2 Å². The van der Waals surface area contributed by atoms with E-state index in [9.17, 15) is 14.7 Å². The summed E-state index contributed by atoms with van der Waals surface area (Å²) < 4.78 is 0. The summed E-state index contributed by atoms with van der Waals surface area (Å²) in [6.45, 7) is 1.93. The molecule has 1 aliphatic heterocycles. The molecule has 0 aliphatic carbocycles. The highest BCUT2D eigenvalue weighted by Gasteiger charge is 2.20. The van der Waals surface area contributed by atoms with Crippen molar-refractivity contribution in [1.82, 2.24) is 0 Å². The van der Waals surface area contributed by atoms with Gasteiger partial charge in [-0.05, 0) is 36.1 Å². The van der Waals surface area contributed by atoms with Gasteiger partial charge in [0.25, 0.3) is 5.91 Å². The van der Waals surface area contributed by atoms with E-state index in [1.807, 2.05) is 67.6 Å². The van der Waals surface area contributed by atoms with Crippen LogP contribution < -0.4 is 10.6 Å². The number of hydrogen-bond acceptors (Lipinski definition) is 4. The van der Waals surface area contributed by atoms with Crippen LogP contribution in [0.2, 0.25) is 0 Å². The van der Waals surface area contributed by atoms with E-state index >= 15 is 0 Å². The quantitative estimate of drug-likeness (QED) is 0.402. The van der Waals surface area contributed by atoms with Crippen molar-refractivity contribution < 1.29 is 14.7 Å². The second kappa shape index (κ2) is 8.83. The molecule has 0 saturated carbocycles. The van der Waals surface area contributed by atoms with E-state index in [1.54, 1.807) is 18.2 Å². The molecule has 4 aromatic rings. The first-order valence-corrected chi connectivity index (χ1v) is 11.1. The topological polar surface area (TPSA) is 90.8 Å². The number of anilines is 2.